The third-order valence-electron chi connectivity index (χ3n) is 3.20. The van der Waals surface area contributed by atoms with E-state index in [1.54, 1.807) is 0 Å². The fraction of sp³-hybridized carbons (Fsp3) is 0.667. The summed E-state index contributed by atoms with van der Waals surface area (Å²) in [6, 6.07) is 3.73. The smallest absolute Gasteiger partial charge is 0.255 e. The summed E-state index contributed by atoms with van der Waals surface area (Å²) in [6.45, 7) is 11.2. The molecule has 0 radical (unpaired) electrons. The van der Waals surface area contributed by atoms with Crippen molar-refractivity contribution in [2.24, 2.45) is 5.73 Å². The third kappa shape index (κ3) is 3.22. The van der Waals surface area contributed by atoms with Crippen LogP contribution in [-0.2, 0) is 12.0 Å². The van der Waals surface area contributed by atoms with E-state index in [2.05, 4.69) is 33.8 Å². The lowest BCUT2D eigenvalue weighted by molar-refractivity contribution is 0.485. The highest BCUT2D eigenvalue weighted by molar-refractivity contribution is 5.23. The molecule has 3 nitrogen and oxygen atoms in total. The van der Waals surface area contributed by atoms with Gasteiger partial charge in [-0.2, -0.15) is 0 Å². The van der Waals surface area contributed by atoms with Gasteiger partial charge in [0.15, 0.2) is 0 Å². The molecule has 0 aliphatic rings. The van der Waals surface area contributed by atoms with E-state index in [1.165, 1.54) is 0 Å². The maximum atomic E-state index is 12.5. The van der Waals surface area contributed by atoms with Gasteiger partial charge in [-0.05, 0) is 19.4 Å². The molecule has 1 unspecified atom stereocenters. The van der Waals surface area contributed by atoms with E-state index < -0.39 is 0 Å². The Labute approximate surface area is 110 Å². The number of pyridine rings is 1. The van der Waals surface area contributed by atoms with Crippen LogP contribution < -0.4 is 11.3 Å². The second kappa shape index (κ2) is 5.70. The topological polar surface area (TPSA) is 48.0 Å². The maximum Gasteiger partial charge on any atom is 0.255 e. The van der Waals surface area contributed by atoms with Crippen LogP contribution in [0.1, 0.15) is 64.8 Å². The lowest BCUT2D eigenvalue weighted by Gasteiger charge is -2.25. The Bertz CT molecular complexity index is 453. The molecule has 0 aliphatic carbocycles. The molecular weight excluding hydrogens is 224 g/mol. The standard InChI is InChI=1S/C15H26N2O/c1-6-7-10-17-13(15(3,4)5)9-8-12(11(2)16)14(17)18/h8-9,11H,6-7,10,16H2,1-5H3. The highest BCUT2D eigenvalue weighted by Crippen LogP contribution is 2.22. The molecule has 0 saturated heterocycles. The molecule has 1 rings (SSSR count). The molecule has 0 amide bonds. The van der Waals surface area contributed by atoms with Crippen LogP contribution in [-0.4, -0.2) is 4.57 Å². The predicted octanol–water partition coefficient (Wildman–Crippen LogP) is 2.97. The van der Waals surface area contributed by atoms with Crippen molar-refractivity contribution in [1.29, 1.82) is 0 Å². The second-order valence-corrected chi connectivity index (χ2v) is 6.02. The van der Waals surface area contributed by atoms with Gasteiger partial charge in [-0.25, -0.2) is 0 Å². The van der Waals surface area contributed by atoms with Crippen LogP contribution in [0.5, 0.6) is 0 Å². The van der Waals surface area contributed by atoms with Crippen molar-refractivity contribution in [3.8, 4) is 0 Å². The van der Waals surface area contributed by atoms with E-state index in [9.17, 15) is 4.79 Å². The summed E-state index contributed by atoms with van der Waals surface area (Å²) in [5.41, 5.74) is 7.70. The zero-order valence-corrected chi connectivity index (χ0v) is 12.3. The number of nitrogens with two attached hydrogens (primary N) is 1. The molecule has 102 valence electrons. The summed E-state index contributed by atoms with van der Waals surface area (Å²) >= 11 is 0. The Morgan fingerprint density at radius 1 is 1.33 bits per heavy atom. The number of rotatable bonds is 4. The predicted molar refractivity (Wildman–Crippen MR) is 76.9 cm³/mol. The van der Waals surface area contributed by atoms with Crippen LogP contribution >= 0.6 is 0 Å². The van der Waals surface area contributed by atoms with Crippen molar-refractivity contribution < 1.29 is 0 Å². The van der Waals surface area contributed by atoms with Gasteiger partial charge in [-0.3, -0.25) is 4.79 Å². The van der Waals surface area contributed by atoms with E-state index in [-0.39, 0.29) is 17.0 Å². The summed E-state index contributed by atoms with van der Waals surface area (Å²) in [4.78, 5) is 12.5. The first kappa shape index (κ1) is 15.0. The monoisotopic (exact) mass is 250 g/mol. The second-order valence-electron chi connectivity index (χ2n) is 6.02. The lowest BCUT2D eigenvalue weighted by atomic mass is 9.90. The van der Waals surface area contributed by atoms with Crippen LogP contribution in [0.25, 0.3) is 0 Å². The minimum atomic E-state index is -0.209. The Morgan fingerprint density at radius 2 is 1.94 bits per heavy atom. The molecule has 0 aromatic carbocycles. The fourth-order valence-electron chi connectivity index (χ4n) is 2.13. The average molecular weight is 250 g/mol. The van der Waals surface area contributed by atoms with E-state index in [4.69, 9.17) is 5.73 Å². The summed E-state index contributed by atoms with van der Waals surface area (Å²) in [7, 11) is 0. The van der Waals surface area contributed by atoms with Crippen molar-refractivity contribution in [3.05, 3.63) is 33.7 Å². The minimum Gasteiger partial charge on any atom is -0.324 e. The fourth-order valence-corrected chi connectivity index (χ4v) is 2.13. The molecule has 3 heteroatoms. The largest absolute Gasteiger partial charge is 0.324 e. The lowest BCUT2D eigenvalue weighted by Crippen LogP contribution is -2.33. The van der Waals surface area contributed by atoms with Gasteiger partial charge in [-0.1, -0.05) is 40.2 Å². The van der Waals surface area contributed by atoms with Gasteiger partial charge < -0.3 is 10.3 Å². The average Bonchev–Trinajstić information content (AvgIpc) is 2.25. The van der Waals surface area contributed by atoms with Gasteiger partial charge in [0.05, 0.1) is 0 Å². The summed E-state index contributed by atoms with van der Waals surface area (Å²) < 4.78 is 1.90. The van der Waals surface area contributed by atoms with Crippen LogP contribution in [0, 0.1) is 0 Å². The van der Waals surface area contributed by atoms with Crippen LogP contribution in [0.4, 0.5) is 0 Å². The van der Waals surface area contributed by atoms with Crippen molar-refractivity contribution in [1.82, 2.24) is 4.57 Å². The Balaban J connectivity index is 3.37. The number of aromatic nitrogens is 1. The van der Waals surface area contributed by atoms with E-state index >= 15 is 0 Å². The molecule has 1 aromatic rings. The molecule has 1 atom stereocenters. The number of nitrogens with zero attached hydrogens (tertiary/aromatic N) is 1. The van der Waals surface area contributed by atoms with E-state index in [0.29, 0.717) is 5.56 Å². The quantitative estimate of drug-likeness (QED) is 0.893. The first-order chi connectivity index (χ1) is 8.29. The SMILES string of the molecule is CCCCn1c(C(C)(C)C)ccc(C(C)N)c1=O. The molecule has 18 heavy (non-hydrogen) atoms. The van der Waals surface area contributed by atoms with E-state index in [1.807, 2.05) is 17.6 Å². The molecule has 0 bridgehead atoms. The van der Waals surface area contributed by atoms with Crippen LogP contribution in [0.3, 0.4) is 0 Å². The third-order valence-corrected chi connectivity index (χ3v) is 3.20. The first-order valence-electron chi connectivity index (χ1n) is 6.78. The zero-order valence-electron chi connectivity index (χ0n) is 12.3. The molecule has 1 aromatic heterocycles. The van der Waals surface area contributed by atoms with Crippen molar-refractivity contribution in [3.63, 3.8) is 0 Å². The van der Waals surface area contributed by atoms with Crippen molar-refractivity contribution >= 4 is 0 Å². The van der Waals surface area contributed by atoms with Gasteiger partial charge in [0.25, 0.3) is 5.56 Å². The Hall–Kier alpha value is -1.09. The van der Waals surface area contributed by atoms with Crippen molar-refractivity contribution in [2.75, 3.05) is 0 Å². The maximum absolute atomic E-state index is 12.5. The van der Waals surface area contributed by atoms with Crippen LogP contribution in [0.15, 0.2) is 16.9 Å². The summed E-state index contributed by atoms with van der Waals surface area (Å²) in [5, 5.41) is 0. The van der Waals surface area contributed by atoms with E-state index in [0.717, 1.165) is 25.1 Å². The summed E-state index contributed by atoms with van der Waals surface area (Å²) in [5.74, 6) is 0. The minimum absolute atomic E-state index is 0.0245. The van der Waals surface area contributed by atoms with Gasteiger partial charge in [0.1, 0.15) is 0 Å². The van der Waals surface area contributed by atoms with Gasteiger partial charge >= 0.3 is 0 Å². The Morgan fingerprint density at radius 3 is 2.39 bits per heavy atom. The number of hydrogen-bond acceptors (Lipinski definition) is 2. The molecule has 0 saturated carbocycles. The molecule has 1 heterocycles. The number of hydrogen-bond donors (Lipinski definition) is 1. The zero-order chi connectivity index (χ0) is 13.9. The van der Waals surface area contributed by atoms with Crippen LogP contribution in [0.2, 0.25) is 0 Å². The number of unbranched alkanes of at least 4 members (excludes halogenated alkanes) is 1. The van der Waals surface area contributed by atoms with Gasteiger partial charge in [0.2, 0.25) is 0 Å². The normalized spacial score (nSPS) is 13.7. The highest BCUT2D eigenvalue weighted by atomic mass is 16.1. The Kier molecular flexibility index (Phi) is 4.74. The van der Waals surface area contributed by atoms with Crippen molar-refractivity contribution in [2.45, 2.75) is 65.5 Å². The summed E-state index contributed by atoms with van der Waals surface area (Å²) in [6.07, 6.45) is 2.10. The molecular formula is C15H26N2O. The molecule has 0 aliphatic heterocycles. The molecule has 2 N–H and O–H groups in total. The molecule has 0 spiro atoms. The van der Waals surface area contributed by atoms with Gasteiger partial charge in [-0.15, -0.1) is 0 Å². The van der Waals surface area contributed by atoms with Gasteiger partial charge in [0, 0.05) is 29.3 Å². The highest BCUT2D eigenvalue weighted by Gasteiger charge is 2.20. The molecule has 0 fully saturated rings. The first-order valence-corrected chi connectivity index (χ1v) is 6.78.